The van der Waals surface area contributed by atoms with Crippen molar-refractivity contribution in [3.63, 3.8) is 0 Å². The summed E-state index contributed by atoms with van der Waals surface area (Å²) in [5.74, 6) is 0.109. The lowest BCUT2D eigenvalue weighted by atomic mass is 10.1. The summed E-state index contributed by atoms with van der Waals surface area (Å²) in [7, 11) is 0. The molecule has 1 aromatic heterocycles. The fourth-order valence-electron chi connectivity index (χ4n) is 2.01. The van der Waals surface area contributed by atoms with E-state index in [0.29, 0.717) is 18.2 Å². The van der Waals surface area contributed by atoms with E-state index < -0.39 is 0 Å². The molecule has 0 radical (unpaired) electrons. The zero-order valence-electron chi connectivity index (χ0n) is 13.5. The Bertz CT molecular complexity index is 624. The molecule has 23 heavy (non-hydrogen) atoms. The second-order valence-corrected chi connectivity index (χ2v) is 5.85. The maximum atomic E-state index is 12.8. The Morgan fingerprint density at radius 2 is 1.91 bits per heavy atom. The van der Waals surface area contributed by atoms with Gasteiger partial charge in [0.2, 0.25) is 0 Å². The molecule has 122 valence electrons. The van der Waals surface area contributed by atoms with Gasteiger partial charge < -0.3 is 10.6 Å². The molecular formula is C18H22FN3O. The molecule has 0 atom stereocenters. The highest BCUT2D eigenvalue weighted by atomic mass is 19.1. The number of anilines is 1. The van der Waals surface area contributed by atoms with Crippen LogP contribution in [0, 0.1) is 11.7 Å². The van der Waals surface area contributed by atoms with Crippen LogP contribution in [-0.2, 0) is 6.54 Å². The Labute approximate surface area is 136 Å². The molecule has 5 heteroatoms. The highest BCUT2D eigenvalue weighted by Crippen LogP contribution is 2.08. The quantitative estimate of drug-likeness (QED) is 0.820. The molecule has 0 aliphatic carbocycles. The molecule has 4 nitrogen and oxygen atoms in total. The molecule has 0 saturated carbocycles. The summed E-state index contributed by atoms with van der Waals surface area (Å²) in [5.41, 5.74) is 2.11. The van der Waals surface area contributed by atoms with Crippen molar-refractivity contribution in [3.05, 3.63) is 59.7 Å². The minimum atomic E-state index is -0.290. The van der Waals surface area contributed by atoms with Crippen LogP contribution in [-0.4, -0.2) is 17.4 Å². The molecule has 1 amide bonds. The number of rotatable bonds is 7. The normalized spacial score (nSPS) is 10.6. The fraction of sp³-hybridized carbons (Fsp3) is 0.333. The lowest BCUT2D eigenvalue weighted by Crippen LogP contribution is -2.23. The summed E-state index contributed by atoms with van der Waals surface area (Å²) in [6, 6.07) is 9.57. The van der Waals surface area contributed by atoms with Gasteiger partial charge in [0.25, 0.3) is 5.91 Å². The second kappa shape index (κ2) is 8.27. The van der Waals surface area contributed by atoms with Crippen molar-refractivity contribution in [3.8, 4) is 0 Å². The number of nitrogens with one attached hydrogen (secondary N) is 2. The van der Waals surface area contributed by atoms with Crippen LogP contribution in [0.3, 0.4) is 0 Å². The number of halogens is 1. The molecule has 0 aliphatic heterocycles. The standard InChI is InChI=1S/C18H22FN3O/c1-13(2)9-10-20-16-7-8-17(21-12-16)18(23)22-11-14-3-5-15(19)6-4-14/h3-8,12-13,20H,9-11H2,1-2H3,(H,22,23). The minimum absolute atomic E-state index is 0.247. The largest absolute Gasteiger partial charge is 0.384 e. The van der Waals surface area contributed by atoms with E-state index in [1.807, 2.05) is 6.07 Å². The van der Waals surface area contributed by atoms with E-state index in [4.69, 9.17) is 0 Å². The van der Waals surface area contributed by atoms with Gasteiger partial charge in [-0.15, -0.1) is 0 Å². The van der Waals surface area contributed by atoms with E-state index in [1.54, 1.807) is 24.4 Å². The van der Waals surface area contributed by atoms with Crippen molar-refractivity contribution in [2.24, 2.45) is 5.92 Å². The number of carbonyl (C=O) groups is 1. The fourth-order valence-corrected chi connectivity index (χ4v) is 2.01. The van der Waals surface area contributed by atoms with E-state index in [9.17, 15) is 9.18 Å². The summed E-state index contributed by atoms with van der Waals surface area (Å²) in [6.07, 6.45) is 2.74. The molecule has 0 bridgehead atoms. The smallest absolute Gasteiger partial charge is 0.270 e. The van der Waals surface area contributed by atoms with Crippen LogP contribution in [0.4, 0.5) is 10.1 Å². The Kier molecular flexibility index (Phi) is 6.09. The topological polar surface area (TPSA) is 54.0 Å². The predicted molar refractivity (Wildman–Crippen MR) is 89.8 cm³/mol. The summed E-state index contributed by atoms with van der Waals surface area (Å²) in [5, 5.41) is 6.04. The van der Waals surface area contributed by atoms with Gasteiger partial charge in [-0.2, -0.15) is 0 Å². The maximum Gasteiger partial charge on any atom is 0.270 e. The average molecular weight is 315 g/mol. The first-order valence-corrected chi connectivity index (χ1v) is 7.77. The molecule has 1 heterocycles. The van der Waals surface area contributed by atoms with Gasteiger partial charge in [-0.1, -0.05) is 26.0 Å². The zero-order chi connectivity index (χ0) is 16.7. The van der Waals surface area contributed by atoms with Crippen molar-refractivity contribution in [2.45, 2.75) is 26.8 Å². The predicted octanol–water partition coefficient (Wildman–Crippen LogP) is 3.61. The lowest BCUT2D eigenvalue weighted by Gasteiger charge is -2.09. The van der Waals surface area contributed by atoms with Crippen LogP contribution < -0.4 is 10.6 Å². The molecule has 0 spiro atoms. The molecular weight excluding hydrogens is 293 g/mol. The van der Waals surface area contributed by atoms with Gasteiger partial charge in [-0.25, -0.2) is 9.37 Å². The number of hydrogen-bond acceptors (Lipinski definition) is 3. The minimum Gasteiger partial charge on any atom is -0.384 e. The highest BCUT2D eigenvalue weighted by Gasteiger charge is 2.07. The molecule has 0 aliphatic rings. The summed E-state index contributed by atoms with van der Waals surface area (Å²) >= 11 is 0. The van der Waals surface area contributed by atoms with E-state index in [1.165, 1.54) is 12.1 Å². The van der Waals surface area contributed by atoms with Gasteiger partial charge in [-0.3, -0.25) is 4.79 Å². The Morgan fingerprint density at radius 1 is 1.17 bits per heavy atom. The molecule has 2 N–H and O–H groups in total. The first kappa shape index (κ1) is 16.9. The van der Waals surface area contributed by atoms with Crippen LogP contribution in [0.25, 0.3) is 0 Å². The van der Waals surface area contributed by atoms with Crippen LogP contribution in [0.2, 0.25) is 0 Å². The molecule has 2 rings (SSSR count). The Balaban J connectivity index is 1.83. The van der Waals surface area contributed by atoms with Gasteiger partial charge in [-0.05, 0) is 42.2 Å². The van der Waals surface area contributed by atoms with Crippen LogP contribution in [0.1, 0.15) is 36.3 Å². The molecule has 0 unspecified atom stereocenters. The number of nitrogens with zero attached hydrogens (tertiary/aromatic N) is 1. The van der Waals surface area contributed by atoms with E-state index in [-0.39, 0.29) is 11.7 Å². The first-order valence-electron chi connectivity index (χ1n) is 7.77. The summed E-state index contributed by atoms with van der Waals surface area (Å²) in [6.45, 7) is 5.58. The highest BCUT2D eigenvalue weighted by molar-refractivity contribution is 5.92. The van der Waals surface area contributed by atoms with Crippen molar-refractivity contribution in [2.75, 3.05) is 11.9 Å². The van der Waals surface area contributed by atoms with Gasteiger partial charge in [0.1, 0.15) is 11.5 Å². The summed E-state index contributed by atoms with van der Waals surface area (Å²) < 4.78 is 12.8. The monoisotopic (exact) mass is 315 g/mol. The van der Waals surface area contributed by atoms with Crippen LogP contribution in [0.5, 0.6) is 0 Å². The second-order valence-electron chi connectivity index (χ2n) is 5.85. The van der Waals surface area contributed by atoms with Crippen molar-refractivity contribution >= 4 is 11.6 Å². The van der Waals surface area contributed by atoms with Gasteiger partial charge >= 0.3 is 0 Å². The lowest BCUT2D eigenvalue weighted by molar-refractivity contribution is 0.0946. The third-order valence-corrected chi connectivity index (χ3v) is 3.41. The van der Waals surface area contributed by atoms with Gasteiger partial charge in [0.05, 0.1) is 11.9 Å². The molecule has 2 aromatic rings. The van der Waals surface area contributed by atoms with Crippen molar-refractivity contribution < 1.29 is 9.18 Å². The third kappa shape index (κ3) is 5.70. The number of carbonyl (C=O) groups excluding carboxylic acids is 1. The Morgan fingerprint density at radius 3 is 2.52 bits per heavy atom. The maximum absolute atomic E-state index is 12.8. The zero-order valence-corrected chi connectivity index (χ0v) is 13.5. The molecule has 0 saturated heterocycles. The molecule has 0 fully saturated rings. The van der Waals surface area contributed by atoms with Gasteiger partial charge in [0.15, 0.2) is 0 Å². The SMILES string of the molecule is CC(C)CCNc1ccc(C(=O)NCc2ccc(F)cc2)nc1. The van der Waals surface area contributed by atoms with Crippen molar-refractivity contribution in [1.29, 1.82) is 0 Å². The number of hydrogen-bond donors (Lipinski definition) is 2. The first-order chi connectivity index (χ1) is 11.0. The van der Waals surface area contributed by atoms with E-state index in [0.717, 1.165) is 24.2 Å². The molecule has 1 aromatic carbocycles. The third-order valence-electron chi connectivity index (χ3n) is 3.41. The number of aromatic nitrogens is 1. The number of pyridine rings is 1. The Hall–Kier alpha value is -2.43. The summed E-state index contributed by atoms with van der Waals surface area (Å²) in [4.78, 5) is 16.2. The van der Waals surface area contributed by atoms with Crippen LogP contribution in [0.15, 0.2) is 42.6 Å². The van der Waals surface area contributed by atoms with Crippen molar-refractivity contribution in [1.82, 2.24) is 10.3 Å². The number of amides is 1. The number of benzene rings is 1. The van der Waals surface area contributed by atoms with E-state index >= 15 is 0 Å². The van der Waals surface area contributed by atoms with E-state index in [2.05, 4.69) is 29.5 Å². The average Bonchev–Trinajstić information content (AvgIpc) is 2.54. The van der Waals surface area contributed by atoms with Gasteiger partial charge in [0, 0.05) is 13.1 Å². The van der Waals surface area contributed by atoms with Crippen LogP contribution >= 0.6 is 0 Å².